The summed E-state index contributed by atoms with van der Waals surface area (Å²) in [6, 6.07) is 14.9. The highest BCUT2D eigenvalue weighted by atomic mass is 127. The Hall–Kier alpha value is -2.62. The molecule has 0 N–H and O–H groups in total. The van der Waals surface area contributed by atoms with Crippen molar-refractivity contribution < 1.29 is 23.4 Å². The largest absolute Gasteiger partial charge is 0.490 e. The summed E-state index contributed by atoms with van der Waals surface area (Å²) in [4.78, 5) is 16.7. The second-order valence-corrected chi connectivity index (χ2v) is 9.16. The minimum absolute atomic E-state index is 0.0243. The number of hydrogen-bond donors (Lipinski definition) is 0. The number of benzene rings is 3. The maximum atomic E-state index is 14.0. The quantitative estimate of drug-likeness (QED) is 0.163. The Balaban J connectivity index is 1.64. The van der Waals surface area contributed by atoms with Gasteiger partial charge in [-0.1, -0.05) is 41.4 Å². The van der Waals surface area contributed by atoms with E-state index >= 15 is 0 Å². The SMILES string of the molecule is CCOc1cc(/C=C2\N=C(c3cc(I)ccc3Cl)OC2=O)cc(Cl)c1OCc1ccccc1F. The van der Waals surface area contributed by atoms with Crippen molar-refractivity contribution in [1.82, 2.24) is 0 Å². The van der Waals surface area contributed by atoms with Crippen LogP contribution in [0.4, 0.5) is 4.39 Å². The molecule has 3 aromatic rings. The second-order valence-electron chi connectivity index (χ2n) is 7.10. The Bertz CT molecular complexity index is 1330. The van der Waals surface area contributed by atoms with Crippen LogP contribution in [0.3, 0.4) is 0 Å². The van der Waals surface area contributed by atoms with E-state index in [1.807, 2.05) is 13.0 Å². The third kappa shape index (κ3) is 5.54. The molecular weight excluding hydrogens is 595 g/mol. The third-order valence-corrected chi connectivity index (χ3v) is 6.03. The molecule has 0 atom stereocenters. The Morgan fingerprint density at radius 1 is 1.09 bits per heavy atom. The molecule has 0 unspecified atom stereocenters. The molecule has 1 aliphatic rings. The normalized spacial score (nSPS) is 14.2. The number of carbonyl (C=O) groups excluding carboxylic acids is 1. The second kappa shape index (κ2) is 10.8. The first-order valence-corrected chi connectivity index (χ1v) is 12.0. The molecule has 5 nitrogen and oxygen atoms in total. The van der Waals surface area contributed by atoms with E-state index in [2.05, 4.69) is 27.6 Å². The smallest absolute Gasteiger partial charge is 0.363 e. The van der Waals surface area contributed by atoms with E-state index in [1.54, 1.807) is 42.5 Å². The molecule has 0 saturated heterocycles. The standard InChI is InChI=1S/C25H17Cl2FINO4/c1-2-32-22-11-14(9-19(27)23(22)33-13-15-5-3-4-6-20(15)28)10-21-25(31)34-24(30-21)17-12-16(29)7-8-18(17)26/h3-12H,2,13H2,1H3/b21-10-. The lowest BCUT2D eigenvalue weighted by Gasteiger charge is -2.15. The lowest BCUT2D eigenvalue weighted by molar-refractivity contribution is -0.129. The van der Waals surface area contributed by atoms with Gasteiger partial charge in [0.1, 0.15) is 12.4 Å². The van der Waals surface area contributed by atoms with Gasteiger partial charge in [-0.3, -0.25) is 0 Å². The third-order valence-electron chi connectivity index (χ3n) is 4.74. The first-order chi connectivity index (χ1) is 16.4. The first-order valence-electron chi connectivity index (χ1n) is 10.2. The molecule has 4 rings (SSSR count). The average molecular weight is 612 g/mol. The van der Waals surface area contributed by atoms with Crippen molar-refractivity contribution in [2.45, 2.75) is 13.5 Å². The van der Waals surface area contributed by atoms with E-state index < -0.39 is 5.97 Å². The molecule has 0 spiro atoms. The summed E-state index contributed by atoms with van der Waals surface area (Å²) in [7, 11) is 0. The van der Waals surface area contributed by atoms with Crippen LogP contribution in [0.2, 0.25) is 10.0 Å². The minimum atomic E-state index is -0.612. The van der Waals surface area contributed by atoms with Crippen molar-refractivity contribution in [2.75, 3.05) is 6.61 Å². The zero-order valence-corrected chi connectivity index (χ0v) is 21.4. The molecular formula is C25H17Cl2FINO4. The molecule has 3 aromatic carbocycles. The molecule has 34 heavy (non-hydrogen) atoms. The molecule has 9 heteroatoms. The van der Waals surface area contributed by atoms with Crippen molar-refractivity contribution in [3.63, 3.8) is 0 Å². The minimum Gasteiger partial charge on any atom is -0.490 e. The van der Waals surface area contributed by atoms with Gasteiger partial charge in [0.25, 0.3) is 0 Å². The molecule has 1 aliphatic heterocycles. The van der Waals surface area contributed by atoms with Crippen LogP contribution in [0.15, 0.2) is 65.3 Å². The lowest BCUT2D eigenvalue weighted by atomic mass is 10.1. The van der Waals surface area contributed by atoms with Crippen LogP contribution in [-0.4, -0.2) is 18.5 Å². The van der Waals surface area contributed by atoms with E-state index in [-0.39, 0.29) is 34.8 Å². The van der Waals surface area contributed by atoms with Gasteiger partial charge >= 0.3 is 5.97 Å². The highest BCUT2D eigenvalue weighted by molar-refractivity contribution is 14.1. The molecule has 0 fully saturated rings. The maximum Gasteiger partial charge on any atom is 0.363 e. The van der Waals surface area contributed by atoms with Crippen LogP contribution < -0.4 is 9.47 Å². The molecule has 0 amide bonds. The van der Waals surface area contributed by atoms with Gasteiger partial charge < -0.3 is 14.2 Å². The fourth-order valence-electron chi connectivity index (χ4n) is 3.18. The fourth-order valence-corrected chi connectivity index (χ4v) is 4.15. The van der Waals surface area contributed by atoms with E-state index in [0.29, 0.717) is 34.1 Å². The number of hydrogen-bond acceptors (Lipinski definition) is 5. The Morgan fingerprint density at radius 3 is 2.65 bits per heavy atom. The summed E-state index contributed by atoms with van der Waals surface area (Å²) in [5.74, 6) is -0.230. The molecule has 0 bridgehead atoms. The maximum absolute atomic E-state index is 14.0. The van der Waals surface area contributed by atoms with Crippen LogP contribution in [0.1, 0.15) is 23.6 Å². The highest BCUT2D eigenvalue weighted by Crippen LogP contribution is 2.38. The van der Waals surface area contributed by atoms with Crippen LogP contribution in [0.25, 0.3) is 6.08 Å². The summed E-state index contributed by atoms with van der Waals surface area (Å²) in [6.07, 6.45) is 1.53. The Labute approximate surface area is 219 Å². The average Bonchev–Trinajstić information content (AvgIpc) is 3.16. The van der Waals surface area contributed by atoms with Crippen LogP contribution in [-0.2, 0) is 16.1 Å². The van der Waals surface area contributed by atoms with Crippen molar-refractivity contribution in [3.8, 4) is 11.5 Å². The van der Waals surface area contributed by atoms with Crippen LogP contribution in [0.5, 0.6) is 11.5 Å². The lowest BCUT2D eigenvalue weighted by Crippen LogP contribution is -2.06. The predicted octanol–water partition coefficient (Wildman–Crippen LogP) is 7.06. The fraction of sp³-hybridized carbons (Fsp3) is 0.120. The van der Waals surface area contributed by atoms with E-state index in [0.717, 1.165) is 3.57 Å². The van der Waals surface area contributed by atoms with Gasteiger partial charge in [-0.2, -0.15) is 0 Å². The van der Waals surface area contributed by atoms with Crippen molar-refractivity contribution >= 4 is 63.7 Å². The summed E-state index contributed by atoms with van der Waals surface area (Å²) >= 11 is 14.8. The van der Waals surface area contributed by atoms with Crippen molar-refractivity contribution in [3.05, 3.63) is 96.4 Å². The van der Waals surface area contributed by atoms with E-state index in [9.17, 15) is 9.18 Å². The topological polar surface area (TPSA) is 57.1 Å². The van der Waals surface area contributed by atoms with Gasteiger partial charge in [-0.05, 0) is 77.6 Å². The molecule has 174 valence electrons. The summed E-state index contributed by atoms with van der Waals surface area (Å²) in [5, 5.41) is 0.664. The number of nitrogens with zero attached hydrogens (tertiary/aromatic N) is 1. The molecule has 0 aromatic heterocycles. The van der Waals surface area contributed by atoms with Gasteiger partial charge in [0.15, 0.2) is 17.2 Å². The van der Waals surface area contributed by atoms with Gasteiger partial charge in [0.2, 0.25) is 5.90 Å². The highest BCUT2D eigenvalue weighted by Gasteiger charge is 2.26. The number of halogens is 4. The van der Waals surface area contributed by atoms with Crippen LogP contribution >= 0.6 is 45.8 Å². The number of cyclic esters (lactones) is 1. The van der Waals surface area contributed by atoms with E-state index in [1.165, 1.54) is 12.1 Å². The number of esters is 1. The zero-order valence-electron chi connectivity index (χ0n) is 17.8. The summed E-state index contributed by atoms with van der Waals surface area (Å²) in [6.45, 7) is 2.14. The summed E-state index contributed by atoms with van der Waals surface area (Å²) in [5.41, 5.74) is 1.55. The number of aliphatic imine (C=N–C) groups is 1. The Kier molecular flexibility index (Phi) is 7.75. The Morgan fingerprint density at radius 2 is 1.88 bits per heavy atom. The van der Waals surface area contributed by atoms with Crippen LogP contribution in [0, 0.1) is 9.39 Å². The van der Waals surface area contributed by atoms with Gasteiger partial charge in [0, 0.05) is 9.13 Å². The summed E-state index contributed by atoms with van der Waals surface area (Å²) < 4.78 is 31.7. The molecule has 0 radical (unpaired) electrons. The molecule has 1 heterocycles. The van der Waals surface area contributed by atoms with E-state index in [4.69, 9.17) is 37.4 Å². The predicted molar refractivity (Wildman–Crippen MR) is 138 cm³/mol. The van der Waals surface area contributed by atoms with Crippen molar-refractivity contribution in [1.29, 1.82) is 0 Å². The molecule has 0 aliphatic carbocycles. The molecule has 0 saturated carbocycles. The van der Waals surface area contributed by atoms with Gasteiger partial charge in [-0.25, -0.2) is 14.2 Å². The number of rotatable bonds is 7. The zero-order chi connectivity index (χ0) is 24.2. The number of carbonyl (C=O) groups is 1. The first kappa shape index (κ1) is 24.5. The monoisotopic (exact) mass is 611 g/mol. The van der Waals surface area contributed by atoms with Gasteiger partial charge in [-0.15, -0.1) is 0 Å². The van der Waals surface area contributed by atoms with Gasteiger partial charge in [0.05, 0.1) is 22.2 Å². The number of ether oxygens (including phenoxy) is 3. The van der Waals surface area contributed by atoms with Crippen molar-refractivity contribution in [2.24, 2.45) is 4.99 Å².